The van der Waals surface area contributed by atoms with Crippen LogP contribution in [-0.4, -0.2) is 26.0 Å². The Morgan fingerprint density at radius 2 is 1.41 bits per heavy atom. The molecule has 0 aromatic heterocycles. The molecule has 2 aromatic carbocycles. The van der Waals surface area contributed by atoms with Crippen LogP contribution in [0.1, 0.15) is 27.6 Å². The molecule has 2 aromatic rings. The molecule has 0 N–H and O–H groups in total. The molecule has 114 valence electrons. The van der Waals surface area contributed by atoms with Gasteiger partial charge in [-0.05, 0) is 31.2 Å². The summed E-state index contributed by atoms with van der Waals surface area (Å²) >= 11 is 0. The van der Waals surface area contributed by atoms with Crippen LogP contribution in [0.4, 0.5) is 0 Å². The van der Waals surface area contributed by atoms with Crippen molar-refractivity contribution in [2.45, 2.75) is 6.92 Å². The molecule has 0 atom stereocenters. The summed E-state index contributed by atoms with van der Waals surface area (Å²) in [7, 11) is 3.00. The Labute approximate surface area is 128 Å². The second-order valence-corrected chi connectivity index (χ2v) is 4.57. The van der Waals surface area contributed by atoms with E-state index in [9.17, 15) is 9.59 Å². The molecule has 5 nitrogen and oxygen atoms in total. The van der Waals surface area contributed by atoms with Gasteiger partial charge in [0.15, 0.2) is 5.78 Å². The highest BCUT2D eigenvalue weighted by atomic mass is 16.5. The van der Waals surface area contributed by atoms with Crippen LogP contribution in [0.25, 0.3) is 0 Å². The zero-order valence-electron chi connectivity index (χ0n) is 12.6. The number of ketones is 1. The third kappa shape index (κ3) is 3.63. The van der Waals surface area contributed by atoms with Gasteiger partial charge in [-0.15, -0.1) is 0 Å². The number of carbonyl (C=O) groups excluding carboxylic acids is 2. The number of Topliss-reactive ketones (excluding diaryl/α,β-unsaturated/α-hetero) is 1. The summed E-state index contributed by atoms with van der Waals surface area (Å²) in [6.07, 6.45) is 0. The van der Waals surface area contributed by atoms with E-state index in [4.69, 9.17) is 14.2 Å². The first-order valence-corrected chi connectivity index (χ1v) is 6.59. The molecule has 0 aliphatic heterocycles. The van der Waals surface area contributed by atoms with E-state index >= 15 is 0 Å². The Morgan fingerprint density at radius 1 is 0.818 bits per heavy atom. The zero-order chi connectivity index (χ0) is 16.1. The summed E-state index contributed by atoms with van der Waals surface area (Å²) in [6.45, 7) is 1.45. The Morgan fingerprint density at radius 3 is 1.95 bits per heavy atom. The minimum atomic E-state index is -0.557. The molecule has 0 saturated carbocycles. The average molecular weight is 300 g/mol. The van der Waals surface area contributed by atoms with Crippen LogP contribution in [0, 0.1) is 0 Å². The highest BCUT2D eigenvalue weighted by molar-refractivity contribution is 5.95. The minimum Gasteiger partial charge on any atom is -0.497 e. The Balaban J connectivity index is 2.25. The summed E-state index contributed by atoms with van der Waals surface area (Å²) in [5.74, 6) is 0.630. The number of benzene rings is 2. The second kappa shape index (κ2) is 6.76. The third-order valence-electron chi connectivity index (χ3n) is 3.04. The smallest absolute Gasteiger partial charge is 0.343 e. The summed E-state index contributed by atoms with van der Waals surface area (Å²) in [5.41, 5.74) is 0.776. The number of esters is 1. The lowest BCUT2D eigenvalue weighted by Gasteiger charge is -2.09. The van der Waals surface area contributed by atoms with Crippen LogP contribution in [0.2, 0.25) is 0 Å². The molecule has 0 aliphatic rings. The number of methoxy groups -OCH3 is 2. The second-order valence-electron chi connectivity index (χ2n) is 4.57. The van der Waals surface area contributed by atoms with Crippen LogP contribution < -0.4 is 14.2 Å². The summed E-state index contributed by atoms with van der Waals surface area (Å²) < 4.78 is 15.5. The Hall–Kier alpha value is -2.82. The standard InChI is InChI=1S/C17H16O5/c1-11(18)12-5-4-6-14(7-12)22-17(19)13-8-15(20-2)10-16(9-13)21-3/h4-10H,1-3H3. The molecule has 5 heteroatoms. The van der Waals surface area contributed by atoms with Crippen LogP contribution in [0.3, 0.4) is 0 Å². The molecule has 0 bridgehead atoms. The average Bonchev–Trinajstić information content (AvgIpc) is 2.54. The van der Waals surface area contributed by atoms with Crippen LogP contribution in [0.15, 0.2) is 42.5 Å². The minimum absolute atomic E-state index is 0.0963. The summed E-state index contributed by atoms with van der Waals surface area (Å²) in [5, 5.41) is 0. The largest absolute Gasteiger partial charge is 0.497 e. The van der Waals surface area contributed by atoms with Crippen molar-refractivity contribution in [2.24, 2.45) is 0 Å². The van der Waals surface area contributed by atoms with Crippen molar-refractivity contribution < 1.29 is 23.8 Å². The van der Waals surface area contributed by atoms with Gasteiger partial charge in [0, 0.05) is 11.6 Å². The number of rotatable bonds is 5. The van der Waals surface area contributed by atoms with Gasteiger partial charge in [0.05, 0.1) is 19.8 Å². The van der Waals surface area contributed by atoms with Crippen molar-refractivity contribution in [3.63, 3.8) is 0 Å². The fourth-order valence-corrected chi connectivity index (χ4v) is 1.87. The quantitative estimate of drug-likeness (QED) is 0.482. The predicted octanol–water partition coefficient (Wildman–Crippen LogP) is 3.13. The fraction of sp³-hybridized carbons (Fsp3) is 0.176. The van der Waals surface area contributed by atoms with E-state index in [2.05, 4.69) is 0 Å². The van der Waals surface area contributed by atoms with Crippen molar-refractivity contribution in [1.82, 2.24) is 0 Å². The van der Waals surface area contributed by atoms with E-state index in [1.54, 1.807) is 36.4 Å². The van der Waals surface area contributed by atoms with E-state index in [1.165, 1.54) is 27.2 Å². The van der Waals surface area contributed by atoms with Gasteiger partial charge in [0.25, 0.3) is 0 Å². The van der Waals surface area contributed by atoms with Crippen LogP contribution >= 0.6 is 0 Å². The van der Waals surface area contributed by atoms with Gasteiger partial charge in [0.2, 0.25) is 0 Å². The highest BCUT2D eigenvalue weighted by Gasteiger charge is 2.13. The van der Waals surface area contributed by atoms with E-state index in [1.807, 2.05) is 0 Å². The molecular weight excluding hydrogens is 284 g/mol. The maximum Gasteiger partial charge on any atom is 0.343 e. The van der Waals surface area contributed by atoms with Gasteiger partial charge in [-0.25, -0.2) is 4.79 Å². The molecule has 0 fully saturated rings. The Bertz CT molecular complexity index is 684. The van der Waals surface area contributed by atoms with Gasteiger partial charge in [-0.3, -0.25) is 4.79 Å². The van der Waals surface area contributed by atoms with Gasteiger partial charge >= 0.3 is 5.97 Å². The molecule has 0 unspecified atom stereocenters. The number of carbonyl (C=O) groups is 2. The summed E-state index contributed by atoms with van der Waals surface area (Å²) in [6, 6.07) is 11.2. The van der Waals surface area contributed by atoms with Gasteiger partial charge in [-0.2, -0.15) is 0 Å². The van der Waals surface area contributed by atoms with Crippen LogP contribution in [0.5, 0.6) is 17.2 Å². The third-order valence-corrected chi connectivity index (χ3v) is 3.04. The normalized spacial score (nSPS) is 9.95. The van der Waals surface area contributed by atoms with Crippen molar-refractivity contribution in [3.8, 4) is 17.2 Å². The first-order chi connectivity index (χ1) is 10.5. The predicted molar refractivity (Wildman–Crippen MR) is 81.0 cm³/mol. The molecule has 0 amide bonds. The topological polar surface area (TPSA) is 61.8 Å². The van der Waals surface area contributed by atoms with E-state index in [0.717, 1.165) is 0 Å². The molecule has 0 heterocycles. The fourth-order valence-electron chi connectivity index (χ4n) is 1.87. The summed E-state index contributed by atoms with van der Waals surface area (Å²) in [4.78, 5) is 23.6. The van der Waals surface area contributed by atoms with Crippen molar-refractivity contribution in [3.05, 3.63) is 53.6 Å². The van der Waals surface area contributed by atoms with Gasteiger partial charge in [0.1, 0.15) is 17.2 Å². The molecule has 0 spiro atoms. The zero-order valence-corrected chi connectivity index (χ0v) is 12.6. The number of ether oxygens (including phenoxy) is 3. The van der Waals surface area contributed by atoms with Crippen molar-refractivity contribution >= 4 is 11.8 Å². The SMILES string of the molecule is COc1cc(OC)cc(C(=O)Oc2cccc(C(C)=O)c2)c1. The first kappa shape index (κ1) is 15.6. The lowest BCUT2D eigenvalue weighted by atomic mass is 10.1. The maximum atomic E-state index is 12.2. The van der Waals surface area contributed by atoms with E-state index in [-0.39, 0.29) is 5.78 Å². The molecule has 0 aliphatic carbocycles. The van der Waals surface area contributed by atoms with E-state index in [0.29, 0.717) is 28.4 Å². The molecule has 0 radical (unpaired) electrons. The number of hydrogen-bond donors (Lipinski definition) is 0. The first-order valence-electron chi connectivity index (χ1n) is 6.59. The lowest BCUT2D eigenvalue weighted by molar-refractivity contribution is 0.0733. The van der Waals surface area contributed by atoms with Crippen LogP contribution in [-0.2, 0) is 0 Å². The van der Waals surface area contributed by atoms with Crippen molar-refractivity contribution in [1.29, 1.82) is 0 Å². The molecule has 2 rings (SSSR count). The van der Waals surface area contributed by atoms with Crippen molar-refractivity contribution in [2.75, 3.05) is 14.2 Å². The number of hydrogen-bond acceptors (Lipinski definition) is 5. The maximum absolute atomic E-state index is 12.2. The monoisotopic (exact) mass is 300 g/mol. The van der Waals surface area contributed by atoms with Gasteiger partial charge < -0.3 is 14.2 Å². The molecular formula is C17H16O5. The lowest BCUT2D eigenvalue weighted by Crippen LogP contribution is -2.09. The molecule has 22 heavy (non-hydrogen) atoms. The van der Waals surface area contributed by atoms with Gasteiger partial charge in [-0.1, -0.05) is 12.1 Å². The highest BCUT2D eigenvalue weighted by Crippen LogP contribution is 2.24. The Kier molecular flexibility index (Phi) is 4.78. The molecule has 0 saturated heterocycles. The van der Waals surface area contributed by atoms with E-state index < -0.39 is 5.97 Å².